The van der Waals surface area contributed by atoms with Gasteiger partial charge in [-0.25, -0.2) is 0 Å². The maximum Gasteiger partial charge on any atom is 0.283 e. The van der Waals surface area contributed by atoms with Crippen molar-refractivity contribution in [1.82, 2.24) is 0 Å². The second-order valence-electron chi connectivity index (χ2n) is 3.26. The first-order chi connectivity index (χ1) is 10.1. The molecule has 0 aromatic heterocycles. The second-order valence-corrected chi connectivity index (χ2v) is 9.84. The third-order valence-electron chi connectivity index (χ3n) is 1.85. The van der Waals surface area contributed by atoms with Crippen LogP contribution in [0.1, 0.15) is 5.56 Å². The minimum Gasteiger partial charge on any atom is -0.311 e. The van der Waals surface area contributed by atoms with Gasteiger partial charge in [0.25, 0.3) is 8.89 Å². The summed E-state index contributed by atoms with van der Waals surface area (Å²) in [6.07, 6.45) is 0. The first kappa shape index (κ1) is 19.6. The van der Waals surface area contributed by atoms with Crippen LogP contribution in [-0.2, 0) is 8.37 Å². The van der Waals surface area contributed by atoms with Gasteiger partial charge in [0.2, 0.25) is 0 Å². The van der Waals surface area contributed by atoms with Gasteiger partial charge in [-0.1, -0.05) is 0 Å². The molecule has 0 N–H and O–H groups in total. The van der Waals surface area contributed by atoms with E-state index in [-0.39, 0.29) is 8.89 Å². The lowest BCUT2D eigenvalue weighted by molar-refractivity contribution is 0.274. The minimum absolute atomic E-state index is 0.0990. The number of benzene rings is 1. The number of rotatable bonds is 6. The van der Waals surface area contributed by atoms with E-state index >= 15 is 0 Å². The van der Waals surface area contributed by atoms with Crippen molar-refractivity contribution in [3.05, 3.63) is 23.8 Å². The smallest absolute Gasteiger partial charge is 0.283 e. The van der Waals surface area contributed by atoms with Crippen molar-refractivity contribution in [2.45, 2.75) is 16.7 Å². The molecule has 0 radical (unpaired) electrons. The SMILES string of the molecule is COSC(=O)SSc1ccc(SSC(=O)SOC)c(C)c1. The highest BCUT2D eigenvalue weighted by Crippen LogP contribution is 2.40. The Labute approximate surface area is 148 Å². The fourth-order valence-corrected chi connectivity index (χ4v) is 5.93. The Morgan fingerprint density at radius 2 is 1.52 bits per heavy atom. The molecule has 0 bridgehead atoms. The van der Waals surface area contributed by atoms with Crippen molar-refractivity contribution in [2.75, 3.05) is 14.2 Å². The number of hydrogen-bond acceptors (Lipinski definition) is 10. The highest BCUT2D eigenvalue weighted by Gasteiger charge is 2.09. The van der Waals surface area contributed by atoms with Gasteiger partial charge >= 0.3 is 0 Å². The van der Waals surface area contributed by atoms with Gasteiger partial charge in [-0.3, -0.25) is 9.59 Å². The summed E-state index contributed by atoms with van der Waals surface area (Å²) < 4.78 is 9.19. The molecule has 0 atom stereocenters. The van der Waals surface area contributed by atoms with E-state index in [9.17, 15) is 9.59 Å². The monoisotopic (exact) mass is 400 g/mol. The van der Waals surface area contributed by atoms with Crippen LogP contribution in [0.4, 0.5) is 9.59 Å². The normalized spacial score (nSPS) is 10.6. The summed E-state index contributed by atoms with van der Waals surface area (Å²) in [5.74, 6) is 0. The Bertz CT molecular complexity index is 496. The first-order valence-corrected chi connectivity index (χ1v) is 11.1. The van der Waals surface area contributed by atoms with Crippen LogP contribution in [0.25, 0.3) is 0 Å². The van der Waals surface area contributed by atoms with E-state index in [4.69, 9.17) is 8.37 Å². The van der Waals surface area contributed by atoms with Crippen molar-refractivity contribution in [2.24, 2.45) is 0 Å². The Morgan fingerprint density at radius 3 is 2.05 bits per heavy atom. The largest absolute Gasteiger partial charge is 0.311 e. The molecule has 21 heavy (non-hydrogen) atoms. The minimum atomic E-state index is -0.101. The van der Waals surface area contributed by atoms with Crippen molar-refractivity contribution in [3.63, 3.8) is 0 Å². The molecule has 0 aliphatic heterocycles. The predicted octanol–water partition coefficient (Wildman–Crippen LogP) is 6.30. The molecular weight excluding hydrogens is 389 g/mol. The molecule has 0 aliphatic rings. The van der Waals surface area contributed by atoms with Crippen LogP contribution < -0.4 is 0 Å². The Balaban J connectivity index is 2.51. The van der Waals surface area contributed by atoms with Crippen molar-refractivity contribution in [3.8, 4) is 0 Å². The lowest BCUT2D eigenvalue weighted by atomic mass is 10.2. The van der Waals surface area contributed by atoms with E-state index in [2.05, 4.69) is 0 Å². The molecule has 1 rings (SSSR count). The molecule has 1 aromatic rings. The van der Waals surface area contributed by atoms with E-state index < -0.39 is 0 Å². The Hall–Kier alpha value is 0.580. The van der Waals surface area contributed by atoms with E-state index in [0.717, 1.165) is 61.0 Å². The molecular formula is C11H12O4S6. The molecule has 0 spiro atoms. The fraction of sp³-hybridized carbons (Fsp3) is 0.273. The molecule has 0 unspecified atom stereocenters. The molecule has 0 saturated heterocycles. The zero-order chi connectivity index (χ0) is 15.7. The zero-order valence-corrected chi connectivity index (χ0v) is 16.2. The average molecular weight is 401 g/mol. The van der Waals surface area contributed by atoms with Gasteiger partial charge < -0.3 is 8.37 Å². The van der Waals surface area contributed by atoms with Crippen molar-refractivity contribution < 1.29 is 18.0 Å². The summed E-state index contributed by atoms with van der Waals surface area (Å²) in [7, 11) is 7.96. The fourth-order valence-electron chi connectivity index (χ4n) is 1.09. The van der Waals surface area contributed by atoms with Crippen LogP contribution in [0.2, 0.25) is 0 Å². The molecule has 0 fully saturated rings. The highest BCUT2D eigenvalue weighted by molar-refractivity contribution is 8.86. The van der Waals surface area contributed by atoms with Crippen LogP contribution in [0.5, 0.6) is 0 Å². The van der Waals surface area contributed by atoms with Gasteiger partial charge in [0.1, 0.15) is 0 Å². The number of carbonyl (C=O) groups is 2. The molecule has 1 aromatic carbocycles. The quantitative estimate of drug-likeness (QED) is 0.401. The third-order valence-corrected chi connectivity index (χ3v) is 8.05. The predicted molar refractivity (Wildman–Crippen MR) is 98.1 cm³/mol. The summed E-state index contributed by atoms with van der Waals surface area (Å²) >= 11 is 1.64. The summed E-state index contributed by atoms with van der Waals surface area (Å²) in [5.41, 5.74) is 1.06. The van der Waals surface area contributed by atoms with Gasteiger partial charge in [0.05, 0.1) is 38.3 Å². The number of hydrogen-bond donors (Lipinski definition) is 0. The lowest BCUT2D eigenvalue weighted by Crippen LogP contribution is -1.82. The molecule has 0 aliphatic carbocycles. The van der Waals surface area contributed by atoms with E-state index in [1.165, 1.54) is 35.8 Å². The Kier molecular flexibility index (Phi) is 10.4. The van der Waals surface area contributed by atoms with Crippen LogP contribution in [0, 0.1) is 6.92 Å². The topological polar surface area (TPSA) is 52.6 Å². The van der Waals surface area contributed by atoms with E-state index in [1.54, 1.807) is 0 Å². The van der Waals surface area contributed by atoms with Crippen LogP contribution in [-0.4, -0.2) is 23.1 Å². The molecule has 0 saturated carbocycles. The van der Waals surface area contributed by atoms with Crippen molar-refractivity contribution in [1.29, 1.82) is 0 Å². The maximum absolute atomic E-state index is 11.4. The second kappa shape index (κ2) is 11.2. The number of aryl methyl sites for hydroxylation is 1. The maximum atomic E-state index is 11.4. The highest BCUT2D eigenvalue weighted by atomic mass is 33.1. The first-order valence-electron chi connectivity index (χ1n) is 5.35. The summed E-state index contributed by atoms with van der Waals surface area (Å²) in [6.45, 7) is 1.97. The van der Waals surface area contributed by atoms with Gasteiger partial charge in [0.15, 0.2) is 0 Å². The van der Waals surface area contributed by atoms with Gasteiger partial charge in [-0.15, -0.1) is 0 Å². The molecule has 0 heterocycles. The molecule has 4 nitrogen and oxygen atoms in total. The van der Waals surface area contributed by atoms with E-state index in [0.29, 0.717) is 0 Å². The lowest BCUT2D eigenvalue weighted by Gasteiger charge is -2.06. The van der Waals surface area contributed by atoms with E-state index in [1.807, 2.05) is 25.1 Å². The third kappa shape index (κ3) is 8.12. The summed E-state index contributed by atoms with van der Waals surface area (Å²) in [5, 5.41) is 0. The van der Waals surface area contributed by atoms with Gasteiger partial charge in [0, 0.05) is 31.4 Å². The molecule has 116 valence electrons. The van der Waals surface area contributed by atoms with Crippen molar-refractivity contribution >= 4 is 76.2 Å². The van der Waals surface area contributed by atoms with Crippen LogP contribution in [0.15, 0.2) is 28.0 Å². The molecule has 10 heteroatoms. The van der Waals surface area contributed by atoms with Gasteiger partial charge in [-0.05, 0) is 52.3 Å². The van der Waals surface area contributed by atoms with Crippen LogP contribution >= 0.6 is 67.3 Å². The zero-order valence-electron chi connectivity index (χ0n) is 11.3. The van der Waals surface area contributed by atoms with Gasteiger partial charge in [-0.2, -0.15) is 0 Å². The Morgan fingerprint density at radius 1 is 0.952 bits per heavy atom. The standard InChI is InChI=1S/C11H12O4S6/c1-7-6-8(18-20-10(12)16-14-2)4-5-9(7)19-21-11(13)17-15-3/h4-6H,1-3H3. The van der Waals surface area contributed by atoms with Crippen LogP contribution in [0.3, 0.4) is 0 Å². The average Bonchev–Trinajstić information content (AvgIpc) is 2.45. The number of carbonyl (C=O) groups excluding carboxylic acids is 2. The summed E-state index contributed by atoms with van der Waals surface area (Å²) in [4.78, 5) is 24.7. The molecule has 0 amide bonds. The summed E-state index contributed by atoms with van der Waals surface area (Å²) in [6, 6.07) is 5.85.